The van der Waals surface area contributed by atoms with Crippen LogP contribution >= 0.6 is 0 Å². The van der Waals surface area contributed by atoms with Gasteiger partial charge in [0.15, 0.2) is 0 Å². The first-order valence-corrected chi connectivity index (χ1v) is 7.92. The third kappa shape index (κ3) is 4.68. The molecular formula is C18H26N2O2. The number of carbonyl (C=O) groups is 1. The summed E-state index contributed by atoms with van der Waals surface area (Å²) in [6, 6.07) is 9.55. The van der Waals surface area contributed by atoms with Gasteiger partial charge in [-0.3, -0.25) is 9.69 Å². The summed E-state index contributed by atoms with van der Waals surface area (Å²) in [5.74, 6) is -0.0870. The van der Waals surface area contributed by atoms with Crippen LogP contribution in [-0.2, 0) is 10.4 Å². The van der Waals surface area contributed by atoms with E-state index in [0.29, 0.717) is 0 Å². The molecule has 0 saturated carbocycles. The Kier molecular flexibility index (Phi) is 5.75. The largest absolute Gasteiger partial charge is 0.385 e. The van der Waals surface area contributed by atoms with Crippen molar-refractivity contribution < 1.29 is 9.90 Å². The van der Waals surface area contributed by atoms with Gasteiger partial charge in [0, 0.05) is 25.7 Å². The zero-order chi connectivity index (χ0) is 16.0. The third-order valence-electron chi connectivity index (χ3n) is 4.24. The molecule has 0 aromatic heterocycles. The maximum atomic E-state index is 12.2. The van der Waals surface area contributed by atoms with Gasteiger partial charge in [0.25, 0.3) is 0 Å². The Morgan fingerprint density at radius 2 is 2.05 bits per heavy atom. The molecule has 1 heterocycles. The fraction of sp³-hybridized carbons (Fsp3) is 0.500. The fourth-order valence-electron chi connectivity index (χ4n) is 2.93. The van der Waals surface area contributed by atoms with Crippen LogP contribution in [0.1, 0.15) is 31.7 Å². The summed E-state index contributed by atoms with van der Waals surface area (Å²) >= 11 is 0. The maximum Gasteiger partial charge on any atom is 0.223 e. The zero-order valence-electron chi connectivity index (χ0n) is 13.3. The number of piperidine rings is 1. The summed E-state index contributed by atoms with van der Waals surface area (Å²) < 4.78 is 0. The highest BCUT2D eigenvalue weighted by atomic mass is 16.3. The van der Waals surface area contributed by atoms with Crippen LogP contribution < -0.4 is 5.32 Å². The number of benzene rings is 1. The van der Waals surface area contributed by atoms with E-state index in [0.717, 1.165) is 38.0 Å². The van der Waals surface area contributed by atoms with Crippen LogP contribution in [-0.4, -0.2) is 41.6 Å². The van der Waals surface area contributed by atoms with E-state index in [9.17, 15) is 9.90 Å². The molecule has 1 amide bonds. The highest BCUT2D eigenvalue weighted by molar-refractivity contribution is 5.77. The van der Waals surface area contributed by atoms with Crippen LogP contribution in [0.15, 0.2) is 43.0 Å². The maximum absolute atomic E-state index is 12.2. The van der Waals surface area contributed by atoms with Crippen LogP contribution in [0.4, 0.5) is 0 Å². The van der Waals surface area contributed by atoms with Crippen molar-refractivity contribution in [2.45, 2.75) is 37.8 Å². The van der Waals surface area contributed by atoms with E-state index >= 15 is 0 Å². The molecule has 1 unspecified atom stereocenters. The summed E-state index contributed by atoms with van der Waals surface area (Å²) in [4.78, 5) is 14.5. The first-order valence-electron chi connectivity index (χ1n) is 7.92. The lowest BCUT2D eigenvalue weighted by Gasteiger charge is -2.32. The minimum atomic E-state index is -1.13. The van der Waals surface area contributed by atoms with Gasteiger partial charge in [-0.1, -0.05) is 36.4 Å². The Bertz CT molecular complexity index is 491. The SMILES string of the molecule is C=CCN1CCC(NC(=O)CC(C)(O)c2ccccc2)CC1. The van der Waals surface area contributed by atoms with Crippen LogP contribution in [0.2, 0.25) is 0 Å². The molecular weight excluding hydrogens is 276 g/mol. The van der Waals surface area contributed by atoms with Crippen molar-refractivity contribution in [3.05, 3.63) is 48.6 Å². The zero-order valence-corrected chi connectivity index (χ0v) is 13.3. The highest BCUT2D eigenvalue weighted by Gasteiger charge is 2.28. The molecule has 0 radical (unpaired) electrons. The van der Waals surface area contributed by atoms with E-state index in [4.69, 9.17) is 0 Å². The number of aliphatic hydroxyl groups is 1. The van der Waals surface area contributed by atoms with Crippen molar-refractivity contribution in [1.82, 2.24) is 10.2 Å². The molecule has 4 nitrogen and oxygen atoms in total. The topological polar surface area (TPSA) is 52.6 Å². The smallest absolute Gasteiger partial charge is 0.223 e. The first-order chi connectivity index (χ1) is 10.5. The number of hydrogen-bond donors (Lipinski definition) is 2. The summed E-state index contributed by atoms with van der Waals surface area (Å²) in [5, 5.41) is 13.6. The monoisotopic (exact) mass is 302 g/mol. The minimum Gasteiger partial charge on any atom is -0.385 e. The van der Waals surface area contributed by atoms with E-state index in [2.05, 4.69) is 16.8 Å². The molecule has 1 aliphatic heterocycles. The van der Waals surface area contributed by atoms with Crippen LogP contribution in [0.3, 0.4) is 0 Å². The van der Waals surface area contributed by atoms with Crippen molar-refractivity contribution in [3.8, 4) is 0 Å². The molecule has 1 aromatic rings. The molecule has 1 fully saturated rings. The second-order valence-electron chi connectivity index (χ2n) is 6.25. The number of nitrogens with zero attached hydrogens (tertiary/aromatic N) is 1. The lowest BCUT2D eigenvalue weighted by molar-refractivity contribution is -0.126. The van der Waals surface area contributed by atoms with Gasteiger partial charge in [0.05, 0.1) is 12.0 Å². The molecule has 1 saturated heterocycles. The Labute approximate surface area is 132 Å². The molecule has 0 bridgehead atoms. The molecule has 2 N–H and O–H groups in total. The summed E-state index contributed by atoms with van der Waals surface area (Å²) in [6.45, 7) is 8.30. The average molecular weight is 302 g/mol. The van der Waals surface area contributed by atoms with Crippen molar-refractivity contribution in [2.24, 2.45) is 0 Å². The van der Waals surface area contributed by atoms with Crippen molar-refractivity contribution in [1.29, 1.82) is 0 Å². The Hall–Kier alpha value is -1.65. The number of rotatable bonds is 6. The van der Waals surface area contributed by atoms with Gasteiger partial charge in [0.2, 0.25) is 5.91 Å². The van der Waals surface area contributed by atoms with Crippen LogP contribution in [0.25, 0.3) is 0 Å². The number of hydrogen-bond acceptors (Lipinski definition) is 3. The molecule has 0 spiro atoms. The lowest BCUT2D eigenvalue weighted by atomic mass is 9.92. The van der Waals surface area contributed by atoms with Gasteiger partial charge >= 0.3 is 0 Å². The Balaban J connectivity index is 1.82. The van der Waals surface area contributed by atoms with E-state index in [1.54, 1.807) is 6.92 Å². The van der Waals surface area contributed by atoms with Crippen LogP contribution in [0.5, 0.6) is 0 Å². The number of carbonyl (C=O) groups excluding carboxylic acids is 1. The number of amides is 1. The van der Waals surface area contributed by atoms with Crippen molar-refractivity contribution in [2.75, 3.05) is 19.6 Å². The van der Waals surface area contributed by atoms with Crippen LogP contribution in [0, 0.1) is 0 Å². The van der Waals surface area contributed by atoms with Crippen molar-refractivity contribution in [3.63, 3.8) is 0 Å². The quantitative estimate of drug-likeness (QED) is 0.791. The average Bonchev–Trinajstić information content (AvgIpc) is 2.50. The highest BCUT2D eigenvalue weighted by Crippen LogP contribution is 2.24. The molecule has 1 atom stereocenters. The van der Waals surface area contributed by atoms with E-state index in [-0.39, 0.29) is 18.4 Å². The second kappa shape index (κ2) is 7.56. The van der Waals surface area contributed by atoms with Gasteiger partial charge in [-0.05, 0) is 25.3 Å². The molecule has 1 aromatic carbocycles. The minimum absolute atomic E-state index is 0.0870. The second-order valence-corrected chi connectivity index (χ2v) is 6.25. The molecule has 0 aliphatic carbocycles. The number of nitrogens with one attached hydrogen (secondary N) is 1. The normalized spacial score (nSPS) is 19.4. The van der Waals surface area contributed by atoms with Gasteiger partial charge in [-0.25, -0.2) is 0 Å². The third-order valence-corrected chi connectivity index (χ3v) is 4.24. The molecule has 2 rings (SSSR count). The lowest BCUT2D eigenvalue weighted by Crippen LogP contribution is -2.45. The molecule has 120 valence electrons. The predicted molar refractivity (Wildman–Crippen MR) is 88.4 cm³/mol. The standard InChI is InChI=1S/C18H26N2O2/c1-3-11-20-12-9-16(10-13-20)19-17(21)14-18(2,22)15-7-5-4-6-8-15/h3-8,16,22H,1,9-14H2,2H3,(H,19,21). The summed E-state index contributed by atoms with van der Waals surface area (Å²) in [7, 11) is 0. The van der Waals surface area contributed by atoms with E-state index in [1.165, 1.54) is 0 Å². The van der Waals surface area contributed by atoms with Gasteiger partial charge < -0.3 is 10.4 Å². The van der Waals surface area contributed by atoms with Gasteiger partial charge in [-0.2, -0.15) is 0 Å². The van der Waals surface area contributed by atoms with E-state index < -0.39 is 5.60 Å². The van der Waals surface area contributed by atoms with Crippen molar-refractivity contribution >= 4 is 5.91 Å². The van der Waals surface area contributed by atoms with E-state index in [1.807, 2.05) is 36.4 Å². The Morgan fingerprint density at radius 3 is 2.64 bits per heavy atom. The molecule has 22 heavy (non-hydrogen) atoms. The molecule has 1 aliphatic rings. The Morgan fingerprint density at radius 1 is 1.41 bits per heavy atom. The number of likely N-dealkylation sites (tertiary alicyclic amines) is 1. The predicted octanol–water partition coefficient (Wildman–Crippen LogP) is 2.05. The molecule has 4 heteroatoms. The summed E-state index contributed by atoms with van der Waals surface area (Å²) in [6.07, 6.45) is 3.90. The van der Waals surface area contributed by atoms with Gasteiger partial charge in [0.1, 0.15) is 0 Å². The van der Waals surface area contributed by atoms with Gasteiger partial charge in [-0.15, -0.1) is 6.58 Å². The fourth-order valence-corrected chi connectivity index (χ4v) is 2.93. The first kappa shape index (κ1) is 16.7. The summed E-state index contributed by atoms with van der Waals surface area (Å²) in [5.41, 5.74) is -0.361.